The smallest absolute Gasteiger partial charge is 0.260 e. The van der Waals surface area contributed by atoms with Gasteiger partial charge < -0.3 is 15.0 Å². The third-order valence-electron chi connectivity index (χ3n) is 3.90. The number of carbonyl (C=O) groups excluding carboxylic acids is 2. The molecular weight excluding hydrogens is 352 g/mol. The molecule has 0 aliphatic heterocycles. The third kappa shape index (κ3) is 5.23. The van der Waals surface area contributed by atoms with Crippen LogP contribution in [0, 0.1) is 20.8 Å². The summed E-state index contributed by atoms with van der Waals surface area (Å²) in [5.41, 5.74) is 3.62. The molecule has 0 bridgehead atoms. The number of rotatable bonds is 6. The fourth-order valence-electron chi connectivity index (χ4n) is 2.69. The molecule has 2 rings (SSSR count). The van der Waals surface area contributed by atoms with Gasteiger partial charge in [-0.05, 0) is 44.0 Å². The van der Waals surface area contributed by atoms with Crippen molar-refractivity contribution < 1.29 is 14.3 Å². The van der Waals surface area contributed by atoms with Crippen molar-refractivity contribution in [2.75, 3.05) is 25.5 Å². The molecule has 26 heavy (non-hydrogen) atoms. The molecule has 2 aromatic rings. The molecule has 0 radical (unpaired) electrons. The molecule has 6 heteroatoms. The van der Waals surface area contributed by atoms with Crippen molar-refractivity contribution in [3.63, 3.8) is 0 Å². The molecule has 0 aromatic heterocycles. The number of carbonyl (C=O) groups is 2. The Kier molecular flexibility index (Phi) is 6.64. The van der Waals surface area contributed by atoms with Crippen LogP contribution in [0.1, 0.15) is 16.7 Å². The molecule has 1 N–H and O–H groups in total. The van der Waals surface area contributed by atoms with Gasteiger partial charge in [-0.25, -0.2) is 0 Å². The molecule has 0 heterocycles. The number of para-hydroxylation sites is 1. The van der Waals surface area contributed by atoms with Crippen molar-refractivity contribution in [1.82, 2.24) is 4.90 Å². The Labute approximate surface area is 158 Å². The number of hydrogen-bond donors (Lipinski definition) is 1. The van der Waals surface area contributed by atoms with Crippen LogP contribution < -0.4 is 10.1 Å². The second kappa shape index (κ2) is 8.72. The lowest BCUT2D eigenvalue weighted by atomic mass is 10.1. The number of ether oxygens (including phenoxy) is 1. The second-order valence-corrected chi connectivity index (χ2v) is 6.70. The predicted octanol–water partition coefficient (Wildman–Crippen LogP) is 3.74. The van der Waals surface area contributed by atoms with Crippen LogP contribution in [0.15, 0.2) is 36.4 Å². The van der Waals surface area contributed by atoms with Gasteiger partial charge in [0.2, 0.25) is 5.91 Å². The van der Waals surface area contributed by atoms with Gasteiger partial charge in [0.15, 0.2) is 6.61 Å². The van der Waals surface area contributed by atoms with E-state index in [0.29, 0.717) is 16.5 Å². The minimum Gasteiger partial charge on any atom is -0.483 e. The predicted molar refractivity (Wildman–Crippen MR) is 104 cm³/mol. The Morgan fingerprint density at radius 3 is 2.35 bits per heavy atom. The van der Waals surface area contributed by atoms with Crippen LogP contribution in [0.5, 0.6) is 5.75 Å². The second-order valence-electron chi connectivity index (χ2n) is 6.29. The molecule has 0 aliphatic rings. The molecule has 0 fully saturated rings. The summed E-state index contributed by atoms with van der Waals surface area (Å²) in [5.74, 6) is 0.105. The molecule has 0 atom stereocenters. The van der Waals surface area contributed by atoms with Gasteiger partial charge in [-0.3, -0.25) is 9.59 Å². The van der Waals surface area contributed by atoms with E-state index in [2.05, 4.69) is 5.32 Å². The SMILES string of the molecule is Cc1cc(C)c(OCC(=O)N(C)CC(=O)Nc2ccccc2Cl)c(C)c1. The fourth-order valence-corrected chi connectivity index (χ4v) is 2.88. The van der Waals surface area contributed by atoms with Gasteiger partial charge in [0, 0.05) is 7.05 Å². The number of halogens is 1. The van der Waals surface area contributed by atoms with Gasteiger partial charge >= 0.3 is 0 Å². The van der Waals surface area contributed by atoms with Crippen LogP contribution in [0.3, 0.4) is 0 Å². The monoisotopic (exact) mass is 374 g/mol. The normalized spacial score (nSPS) is 10.3. The zero-order valence-corrected chi connectivity index (χ0v) is 16.2. The molecule has 2 amide bonds. The van der Waals surface area contributed by atoms with E-state index in [1.165, 1.54) is 4.90 Å². The van der Waals surface area contributed by atoms with Gasteiger partial charge in [-0.1, -0.05) is 41.4 Å². The molecular formula is C20H23ClN2O3. The number of amides is 2. The first-order valence-corrected chi connectivity index (χ1v) is 8.64. The van der Waals surface area contributed by atoms with E-state index >= 15 is 0 Å². The number of nitrogens with zero attached hydrogens (tertiary/aromatic N) is 1. The molecule has 2 aromatic carbocycles. The highest BCUT2D eigenvalue weighted by Crippen LogP contribution is 2.24. The summed E-state index contributed by atoms with van der Waals surface area (Å²) in [6.45, 7) is 5.70. The quantitative estimate of drug-likeness (QED) is 0.837. The number of anilines is 1. The summed E-state index contributed by atoms with van der Waals surface area (Å²) in [5, 5.41) is 3.14. The molecule has 5 nitrogen and oxygen atoms in total. The number of nitrogens with one attached hydrogen (secondary N) is 1. The van der Waals surface area contributed by atoms with Crippen molar-refractivity contribution in [3.8, 4) is 5.75 Å². The van der Waals surface area contributed by atoms with Crippen LogP contribution in [0.2, 0.25) is 5.02 Å². The van der Waals surface area contributed by atoms with E-state index in [-0.39, 0.29) is 25.0 Å². The average molecular weight is 375 g/mol. The molecule has 138 valence electrons. The van der Waals surface area contributed by atoms with Gasteiger partial charge in [0.05, 0.1) is 17.3 Å². The minimum atomic E-state index is -0.323. The van der Waals surface area contributed by atoms with Crippen LogP contribution in [-0.2, 0) is 9.59 Å². The largest absolute Gasteiger partial charge is 0.483 e. The van der Waals surface area contributed by atoms with Crippen molar-refractivity contribution in [2.45, 2.75) is 20.8 Å². The zero-order chi connectivity index (χ0) is 19.3. The first kappa shape index (κ1) is 19.8. The van der Waals surface area contributed by atoms with Crippen LogP contribution in [-0.4, -0.2) is 36.9 Å². The van der Waals surface area contributed by atoms with Gasteiger partial charge in [-0.15, -0.1) is 0 Å². The van der Waals surface area contributed by atoms with E-state index in [1.54, 1.807) is 31.3 Å². The average Bonchev–Trinajstić information content (AvgIpc) is 2.55. The molecule has 0 spiro atoms. The van der Waals surface area contributed by atoms with E-state index in [1.807, 2.05) is 32.9 Å². The standard InChI is InChI=1S/C20H23ClN2O3/c1-13-9-14(2)20(15(3)10-13)26-12-19(25)23(4)11-18(24)22-17-8-6-5-7-16(17)21/h5-10H,11-12H2,1-4H3,(H,22,24). The molecule has 0 aliphatic carbocycles. The van der Waals surface area contributed by atoms with Crippen molar-refractivity contribution in [3.05, 3.63) is 58.1 Å². The number of hydrogen-bond acceptors (Lipinski definition) is 3. The number of likely N-dealkylation sites (N-methyl/N-ethyl adjacent to an activating group) is 1. The minimum absolute atomic E-state index is 0.0840. The number of aryl methyl sites for hydroxylation is 3. The molecule has 0 saturated heterocycles. The van der Waals surface area contributed by atoms with E-state index < -0.39 is 0 Å². The maximum absolute atomic E-state index is 12.3. The summed E-state index contributed by atoms with van der Waals surface area (Å²) in [7, 11) is 1.56. The topological polar surface area (TPSA) is 58.6 Å². The summed E-state index contributed by atoms with van der Waals surface area (Å²) < 4.78 is 5.68. The maximum atomic E-state index is 12.3. The van der Waals surface area contributed by atoms with Crippen molar-refractivity contribution >= 4 is 29.1 Å². The Bertz CT molecular complexity index is 797. The first-order valence-electron chi connectivity index (χ1n) is 8.27. The summed E-state index contributed by atoms with van der Waals surface area (Å²) in [6.07, 6.45) is 0. The fraction of sp³-hybridized carbons (Fsp3) is 0.300. The number of benzene rings is 2. The Balaban J connectivity index is 1.90. The highest BCUT2D eigenvalue weighted by Gasteiger charge is 2.15. The molecule has 0 saturated carbocycles. The van der Waals surface area contributed by atoms with Crippen LogP contribution in [0.4, 0.5) is 5.69 Å². The Morgan fingerprint density at radius 2 is 1.73 bits per heavy atom. The van der Waals surface area contributed by atoms with Crippen molar-refractivity contribution in [2.24, 2.45) is 0 Å². The highest BCUT2D eigenvalue weighted by molar-refractivity contribution is 6.33. The van der Waals surface area contributed by atoms with E-state index in [0.717, 1.165) is 16.7 Å². The summed E-state index contributed by atoms with van der Waals surface area (Å²) in [4.78, 5) is 25.7. The zero-order valence-electron chi connectivity index (χ0n) is 15.4. The van der Waals surface area contributed by atoms with Gasteiger partial charge in [0.25, 0.3) is 5.91 Å². The Morgan fingerprint density at radius 1 is 1.12 bits per heavy atom. The highest BCUT2D eigenvalue weighted by atomic mass is 35.5. The summed E-state index contributed by atoms with van der Waals surface area (Å²) >= 11 is 6.01. The van der Waals surface area contributed by atoms with Crippen LogP contribution in [0.25, 0.3) is 0 Å². The maximum Gasteiger partial charge on any atom is 0.260 e. The third-order valence-corrected chi connectivity index (χ3v) is 4.23. The van der Waals surface area contributed by atoms with Gasteiger partial charge in [-0.2, -0.15) is 0 Å². The lowest BCUT2D eigenvalue weighted by Crippen LogP contribution is -2.37. The Hall–Kier alpha value is -2.53. The van der Waals surface area contributed by atoms with Crippen LogP contribution >= 0.6 is 11.6 Å². The van der Waals surface area contributed by atoms with Crippen molar-refractivity contribution in [1.29, 1.82) is 0 Å². The van der Waals surface area contributed by atoms with E-state index in [9.17, 15) is 9.59 Å². The van der Waals surface area contributed by atoms with Gasteiger partial charge in [0.1, 0.15) is 5.75 Å². The summed E-state index contributed by atoms with van der Waals surface area (Å²) in [6, 6.07) is 11.0. The first-order chi connectivity index (χ1) is 12.3. The molecule has 0 unspecified atom stereocenters. The lowest BCUT2D eigenvalue weighted by Gasteiger charge is -2.19. The lowest BCUT2D eigenvalue weighted by molar-refractivity contribution is -0.135. The van der Waals surface area contributed by atoms with E-state index in [4.69, 9.17) is 16.3 Å².